The second-order valence-corrected chi connectivity index (χ2v) is 22.3. The second-order valence-electron chi connectivity index (χ2n) is 22.3. The van der Waals surface area contributed by atoms with Gasteiger partial charge in [-0.2, -0.15) is 10.2 Å². The molecule has 390 valence electrons. The van der Waals surface area contributed by atoms with Crippen molar-refractivity contribution in [2.75, 3.05) is 57.9 Å². The molecule has 11 rings (SSSR count). The Morgan fingerprint density at radius 3 is 1.65 bits per heavy atom. The molecular weight excluding hydrogens is 937 g/mol. The molecule has 0 radical (unpaired) electrons. The lowest BCUT2D eigenvalue weighted by molar-refractivity contribution is 0.0177. The normalized spacial score (nSPS) is 16.5. The number of fused-ring (bicyclic) bond motifs is 4. The number of aromatic hydroxyl groups is 1. The Kier molecular flexibility index (Phi) is 14.7. The molecule has 0 unspecified atom stereocenters. The molecule has 3 aliphatic rings. The van der Waals surface area contributed by atoms with Crippen molar-refractivity contribution in [3.05, 3.63) is 85.5 Å². The second kappa shape index (κ2) is 21.0. The lowest BCUT2D eigenvalue weighted by atomic mass is 9.97. The van der Waals surface area contributed by atoms with Crippen LogP contribution in [0.3, 0.4) is 0 Å². The molecule has 74 heavy (non-hydrogen) atoms. The van der Waals surface area contributed by atoms with E-state index in [1.807, 2.05) is 72.6 Å². The number of amides is 1. The van der Waals surface area contributed by atoms with Crippen molar-refractivity contribution in [1.29, 1.82) is 0 Å². The molecular formula is C56H70N12O6. The van der Waals surface area contributed by atoms with Crippen LogP contribution in [0, 0.1) is 11.8 Å². The van der Waals surface area contributed by atoms with E-state index in [1.54, 1.807) is 30.9 Å². The number of nitrogen functional groups attached to an aromatic ring is 2. The molecule has 0 saturated carbocycles. The molecule has 1 amide bonds. The Hall–Kier alpha value is -7.15. The van der Waals surface area contributed by atoms with Crippen molar-refractivity contribution in [2.45, 2.75) is 104 Å². The molecule has 0 aliphatic carbocycles. The van der Waals surface area contributed by atoms with Crippen LogP contribution in [0.5, 0.6) is 11.5 Å². The van der Waals surface area contributed by atoms with Gasteiger partial charge in [0, 0.05) is 37.3 Å². The van der Waals surface area contributed by atoms with Gasteiger partial charge in [0.2, 0.25) is 0 Å². The minimum Gasteiger partial charge on any atom is -0.508 e. The van der Waals surface area contributed by atoms with E-state index in [9.17, 15) is 15.0 Å². The first kappa shape index (κ1) is 51.7. The van der Waals surface area contributed by atoms with E-state index in [-0.39, 0.29) is 24.1 Å². The summed E-state index contributed by atoms with van der Waals surface area (Å²) in [6, 6.07) is 23.4. The molecule has 8 aromatic rings. The van der Waals surface area contributed by atoms with Crippen LogP contribution in [0.15, 0.2) is 85.5 Å². The molecule has 3 saturated heterocycles. The van der Waals surface area contributed by atoms with Crippen LogP contribution >= 0.6 is 0 Å². The van der Waals surface area contributed by atoms with Gasteiger partial charge < -0.3 is 45.7 Å². The van der Waals surface area contributed by atoms with Crippen LogP contribution in [0.1, 0.15) is 74.1 Å². The molecule has 4 aromatic heterocycles. The van der Waals surface area contributed by atoms with Crippen LogP contribution in [0.2, 0.25) is 0 Å². The molecule has 7 heterocycles. The summed E-state index contributed by atoms with van der Waals surface area (Å²) in [6.45, 7) is 19.5. The summed E-state index contributed by atoms with van der Waals surface area (Å²) < 4.78 is 20.1. The number of phenolic OH excluding ortho intramolecular Hbond substituents is 1. The number of aliphatic hydroxyl groups is 1. The van der Waals surface area contributed by atoms with Gasteiger partial charge in [0.05, 0.1) is 28.6 Å². The number of rotatable bonds is 9. The quantitative estimate of drug-likeness (QED) is 0.0987. The van der Waals surface area contributed by atoms with Crippen LogP contribution in [-0.2, 0) is 22.6 Å². The highest BCUT2D eigenvalue weighted by Crippen LogP contribution is 2.36. The maximum atomic E-state index is 12.4. The largest absolute Gasteiger partial charge is 0.508 e. The highest BCUT2D eigenvalue weighted by Gasteiger charge is 2.32. The number of hydrogen-bond donors (Lipinski definition) is 4. The maximum absolute atomic E-state index is 12.4. The number of nitrogens with zero attached hydrogens (tertiary/aromatic N) is 10. The monoisotopic (exact) mass is 1010 g/mol. The zero-order valence-corrected chi connectivity index (χ0v) is 43.9. The number of nitrogens with two attached hydrogens (primary N) is 2. The van der Waals surface area contributed by atoms with Gasteiger partial charge in [0.15, 0.2) is 11.3 Å². The van der Waals surface area contributed by atoms with Crippen molar-refractivity contribution < 1.29 is 29.2 Å². The number of benzene rings is 4. The van der Waals surface area contributed by atoms with Gasteiger partial charge in [-0.1, -0.05) is 36.4 Å². The molecule has 18 heteroatoms. The van der Waals surface area contributed by atoms with E-state index in [0.717, 1.165) is 118 Å². The molecule has 0 atom stereocenters. The Morgan fingerprint density at radius 2 is 1.16 bits per heavy atom. The smallest absolute Gasteiger partial charge is 0.410 e. The summed E-state index contributed by atoms with van der Waals surface area (Å²) in [5.41, 5.74) is 16.4. The fourth-order valence-electron chi connectivity index (χ4n) is 9.32. The SMILES string of the molecule is CC(C)(C)OC(=O)N1CCC(Cn2nc(-c3ccc4cc(O)ccc4c3)c3c(N)ncnc32)CC1.CC1(C)CO1.CN1CCC(Cn2nc(-c3ccc4cc(OCC(C)(C)O)ccc4c3)c3c(N)ncnc32)CC1. The summed E-state index contributed by atoms with van der Waals surface area (Å²) >= 11 is 0. The predicted octanol–water partition coefficient (Wildman–Crippen LogP) is 9.10. The van der Waals surface area contributed by atoms with Gasteiger partial charge in [-0.25, -0.2) is 34.1 Å². The Morgan fingerprint density at radius 1 is 0.703 bits per heavy atom. The number of likely N-dealkylation sites (tertiary alicyclic amines) is 2. The first-order valence-corrected chi connectivity index (χ1v) is 25.5. The third kappa shape index (κ3) is 12.6. The molecule has 3 aliphatic heterocycles. The Labute approximate surface area is 431 Å². The summed E-state index contributed by atoms with van der Waals surface area (Å²) in [7, 11) is 2.17. The third-order valence-electron chi connectivity index (χ3n) is 13.6. The van der Waals surface area contributed by atoms with E-state index in [0.29, 0.717) is 48.8 Å². The van der Waals surface area contributed by atoms with Crippen molar-refractivity contribution >= 4 is 61.3 Å². The highest BCUT2D eigenvalue weighted by atomic mass is 16.6. The molecule has 4 aromatic carbocycles. The van der Waals surface area contributed by atoms with Gasteiger partial charge in [0.1, 0.15) is 59.4 Å². The van der Waals surface area contributed by atoms with Gasteiger partial charge >= 0.3 is 6.09 Å². The first-order valence-electron chi connectivity index (χ1n) is 25.5. The van der Waals surface area contributed by atoms with Crippen LogP contribution in [0.4, 0.5) is 16.4 Å². The number of aromatic nitrogens is 8. The molecule has 6 N–H and O–H groups in total. The zero-order valence-electron chi connectivity index (χ0n) is 43.9. The fraction of sp³-hybridized carbons (Fsp3) is 0.446. The summed E-state index contributed by atoms with van der Waals surface area (Å²) in [5, 5.41) is 35.2. The van der Waals surface area contributed by atoms with E-state index in [2.05, 4.69) is 63.9 Å². The van der Waals surface area contributed by atoms with Crippen LogP contribution < -0.4 is 16.2 Å². The molecule has 18 nitrogen and oxygen atoms in total. The van der Waals surface area contributed by atoms with Gasteiger partial charge in [-0.05, 0) is 164 Å². The van der Waals surface area contributed by atoms with Gasteiger partial charge in [-0.15, -0.1) is 0 Å². The van der Waals surface area contributed by atoms with Crippen molar-refractivity contribution in [1.82, 2.24) is 49.3 Å². The van der Waals surface area contributed by atoms with Crippen molar-refractivity contribution in [2.24, 2.45) is 11.8 Å². The number of hydrogen-bond acceptors (Lipinski definition) is 15. The number of anilines is 2. The van der Waals surface area contributed by atoms with Gasteiger partial charge in [0.25, 0.3) is 0 Å². The number of epoxide rings is 1. The summed E-state index contributed by atoms with van der Waals surface area (Å²) in [6.07, 6.45) is 6.75. The Balaban J connectivity index is 0.000000166. The average molecular weight is 1010 g/mol. The number of phenols is 1. The maximum Gasteiger partial charge on any atom is 0.410 e. The topological polar surface area (TPSA) is 234 Å². The standard InChI is InChI=1S/C26H30N6O3.C26H32N6O2.C4H8O/c1-26(2,3)35-25(34)31-10-8-16(9-11-31)14-32-24-21(23(27)28-15-29-24)22(30-32)19-5-4-18-13-20(33)7-6-17(18)12-19;1-26(2,33)15-34-21-7-6-18-12-20(5-4-19(18)13-21)23-22-24(27)28-16-29-25(22)32(30-23)14-17-8-10-31(3)11-9-17;1-4(2)3-5-4/h4-7,12-13,15-16,33H,8-11,14H2,1-3H3,(H2,27,28,29);4-7,12-13,16-17,33H,8-11,14-15H2,1-3H3,(H2,27,28,29);3H2,1-2H3. The first-order chi connectivity index (χ1) is 35.1. The van der Waals surface area contributed by atoms with E-state index in [4.69, 9.17) is 35.9 Å². The van der Waals surface area contributed by atoms with E-state index in [1.165, 1.54) is 12.7 Å². The number of carbonyl (C=O) groups is 1. The summed E-state index contributed by atoms with van der Waals surface area (Å²) in [4.78, 5) is 34.1. The molecule has 0 bridgehead atoms. The highest BCUT2D eigenvalue weighted by molar-refractivity contribution is 6.01. The van der Waals surface area contributed by atoms with E-state index >= 15 is 0 Å². The van der Waals surface area contributed by atoms with Crippen LogP contribution in [-0.4, -0.2) is 129 Å². The average Bonchev–Trinajstić information content (AvgIpc) is 3.74. The minimum absolute atomic E-state index is 0.232. The van der Waals surface area contributed by atoms with Crippen molar-refractivity contribution in [3.8, 4) is 34.0 Å². The van der Waals surface area contributed by atoms with Crippen LogP contribution in [0.25, 0.3) is 66.1 Å². The van der Waals surface area contributed by atoms with Crippen molar-refractivity contribution in [3.63, 3.8) is 0 Å². The zero-order chi connectivity index (χ0) is 52.5. The number of piperidine rings is 2. The summed E-state index contributed by atoms with van der Waals surface area (Å²) in [5.74, 6) is 2.72. The number of carbonyl (C=O) groups excluding carboxylic acids is 1. The third-order valence-corrected chi connectivity index (χ3v) is 13.6. The molecule has 3 fully saturated rings. The minimum atomic E-state index is -0.881. The van der Waals surface area contributed by atoms with Gasteiger partial charge in [-0.3, -0.25) is 0 Å². The Bertz CT molecular complexity index is 3280. The van der Waals surface area contributed by atoms with E-state index < -0.39 is 11.2 Å². The lowest BCUT2D eigenvalue weighted by Crippen LogP contribution is -2.42. The number of ether oxygens (including phenoxy) is 3. The predicted molar refractivity (Wildman–Crippen MR) is 290 cm³/mol. The molecule has 0 spiro atoms. The lowest BCUT2D eigenvalue weighted by Gasteiger charge is -2.33. The fourth-order valence-corrected chi connectivity index (χ4v) is 9.32.